The van der Waals surface area contributed by atoms with Crippen molar-refractivity contribution in [1.82, 2.24) is 15.5 Å². The summed E-state index contributed by atoms with van der Waals surface area (Å²) in [5.74, 6) is 1.14. The van der Waals surface area contributed by atoms with E-state index >= 15 is 0 Å². The van der Waals surface area contributed by atoms with E-state index in [1.807, 2.05) is 20.9 Å². The molecule has 0 aliphatic heterocycles. The van der Waals surface area contributed by atoms with Gasteiger partial charge in [0.15, 0.2) is 0 Å². The quantitative estimate of drug-likeness (QED) is 0.761. The van der Waals surface area contributed by atoms with Crippen molar-refractivity contribution in [1.29, 1.82) is 0 Å². The molecule has 0 radical (unpaired) electrons. The summed E-state index contributed by atoms with van der Waals surface area (Å²) in [6.45, 7) is 4.39. The lowest BCUT2D eigenvalue weighted by molar-refractivity contribution is 0.00973. The van der Waals surface area contributed by atoms with Crippen molar-refractivity contribution in [3.05, 3.63) is 11.7 Å². The highest BCUT2D eigenvalue weighted by Crippen LogP contribution is 2.20. The fourth-order valence-electron chi connectivity index (χ4n) is 1.33. The first-order valence-corrected chi connectivity index (χ1v) is 5.58. The van der Waals surface area contributed by atoms with Crippen LogP contribution in [0.3, 0.4) is 0 Å². The van der Waals surface area contributed by atoms with Crippen molar-refractivity contribution in [2.75, 3.05) is 27.9 Å². The first-order valence-electron chi connectivity index (χ1n) is 5.58. The molecule has 1 aromatic heterocycles. The van der Waals surface area contributed by atoms with E-state index in [2.05, 4.69) is 15.5 Å². The maximum atomic E-state index is 5.29. The zero-order valence-electron chi connectivity index (χ0n) is 11.1. The molecular formula is C11H21N3O3. The molecule has 1 rings (SSSR count). The van der Waals surface area contributed by atoms with Crippen LogP contribution in [0.15, 0.2) is 4.52 Å². The zero-order valence-corrected chi connectivity index (χ0v) is 11.1. The van der Waals surface area contributed by atoms with Crippen LogP contribution in [0.4, 0.5) is 0 Å². The number of hydrogen-bond donors (Lipinski definition) is 1. The Hall–Kier alpha value is -0.980. The molecule has 1 aromatic rings. The Bertz CT molecular complexity index is 338. The minimum Gasteiger partial charge on any atom is -0.383 e. The smallest absolute Gasteiger partial charge is 0.228 e. The molecule has 1 unspecified atom stereocenters. The second-order valence-corrected chi connectivity index (χ2v) is 4.37. The Kier molecular flexibility index (Phi) is 5.04. The normalized spacial score (nSPS) is 13.9. The van der Waals surface area contributed by atoms with Crippen molar-refractivity contribution in [2.45, 2.75) is 31.9 Å². The van der Waals surface area contributed by atoms with Crippen LogP contribution in [0.2, 0.25) is 0 Å². The lowest BCUT2D eigenvalue weighted by Gasteiger charge is -2.17. The summed E-state index contributed by atoms with van der Waals surface area (Å²) in [6.07, 6.45) is 0.636. The molecule has 0 bridgehead atoms. The van der Waals surface area contributed by atoms with E-state index < -0.39 is 5.60 Å². The molecule has 1 atom stereocenters. The van der Waals surface area contributed by atoms with Gasteiger partial charge in [-0.15, -0.1) is 0 Å². The molecule has 1 N–H and O–H groups in total. The van der Waals surface area contributed by atoms with Gasteiger partial charge in [-0.2, -0.15) is 4.98 Å². The maximum absolute atomic E-state index is 5.29. The van der Waals surface area contributed by atoms with E-state index in [1.165, 1.54) is 0 Å². The molecule has 6 heteroatoms. The number of aromatic nitrogens is 2. The predicted octanol–water partition coefficient (Wildman–Crippen LogP) is 0.728. The lowest BCUT2D eigenvalue weighted by atomic mass is 10.1. The number of nitrogens with one attached hydrogen (secondary N) is 1. The Morgan fingerprint density at radius 3 is 2.65 bits per heavy atom. The number of ether oxygens (including phenoxy) is 2. The molecule has 0 aliphatic carbocycles. The van der Waals surface area contributed by atoms with Crippen molar-refractivity contribution in [3.8, 4) is 0 Å². The molecule has 98 valence electrons. The van der Waals surface area contributed by atoms with Gasteiger partial charge >= 0.3 is 0 Å². The van der Waals surface area contributed by atoms with E-state index in [0.29, 0.717) is 24.7 Å². The van der Waals surface area contributed by atoms with Gasteiger partial charge in [-0.3, -0.25) is 0 Å². The van der Waals surface area contributed by atoms with Gasteiger partial charge in [-0.25, -0.2) is 0 Å². The summed E-state index contributed by atoms with van der Waals surface area (Å²) in [5.41, 5.74) is -0.530. The molecule has 0 spiro atoms. The molecule has 0 fully saturated rings. The van der Waals surface area contributed by atoms with Crippen LogP contribution in [0, 0.1) is 0 Å². The Morgan fingerprint density at radius 1 is 1.41 bits per heavy atom. The zero-order chi connectivity index (χ0) is 12.9. The third kappa shape index (κ3) is 3.76. The fraction of sp³-hybridized carbons (Fsp3) is 0.818. The van der Waals surface area contributed by atoms with Crippen LogP contribution in [0.25, 0.3) is 0 Å². The number of rotatable bonds is 7. The highest BCUT2D eigenvalue weighted by molar-refractivity contribution is 4.98. The van der Waals surface area contributed by atoms with Gasteiger partial charge in [0.2, 0.25) is 11.7 Å². The molecule has 0 amide bonds. The third-order valence-corrected chi connectivity index (χ3v) is 2.71. The highest BCUT2D eigenvalue weighted by Gasteiger charge is 2.26. The number of likely N-dealkylation sites (N-methyl/N-ethyl adjacent to an activating group) is 1. The van der Waals surface area contributed by atoms with Crippen molar-refractivity contribution >= 4 is 0 Å². The van der Waals surface area contributed by atoms with Gasteiger partial charge in [-0.05, 0) is 20.9 Å². The molecule has 0 aromatic carbocycles. The number of nitrogens with zero attached hydrogens (tertiary/aromatic N) is 2. The summed E-state index contributed by atoms with van der Waals surface area (Å²) in [7, 11) is 5.16. The minimum atomic E-state index is -0.530. The Balaban J connectivity index is 2.68. The van der Waals surface area contributed by atoms with Crippen molar-refractivity contribution < 1.29 is 14.0 Å². The summed E-state index contributed by atoms with van der Waals surface area (Å²) >= 11 is 0. The largest absolute Gasteiger partial charge is 0.383 e. The van der Waals surface area contributed by atoms with Gasteiger partial charge in [0.25, 0.3) is 0 Å². The average molecular weight is 243 g/mol. The van der Waals surface area contributed by atoms with Crippen molar-refractivity contribution in [2.24, 2.45) is 0 Å². The Morgan fingerprint density at radius 2 is 2.12 bits per heavy atom. The number of methoxy groups -OCH3 is 2. The third-order valence-electron chi connectivity index (χ3n) is 2.71. The molecule has 6 nitrogen and oxygen atoms in total. The van der Waals surface area contributed by atoms with Crippen LogP contribution in [0.1, 0.15) is 25.6 Å². The van der Waals surface area contributed by atoms with Crippen LogP contribution in [-0.2, 0) is 21.5 Å². The summed E-state index contributed by atoms with van der Waals surface area (Å²) < 4.78 is 15.6. The summed E-state index contributed by atoms with van der Waals surface area (Å²) in [6, 6.07) is 0.166. The monoisotopic (exact) mass is 243 g/mol. The van der Waals surface area contributed by atoms with E-state index in [-0.39, 0.29) is 6.04 Å². The maximum Gasteiger partial charge on any atom is 0.228 e. The predicted molar refractivity (Wildman–Crippen MR) is 62.8 cm³/mol. The molecule has 1 heterocycles. The molecule has 0 saturated carbocycles. The molecule has 0 saturated heterocycles. The standard InChI is InChI=1S/C11H21N3O3/c1-11(2,16-5)10-13-9(17-14-10)6-8(12-3)7-15-4/h8,12H,6-7H2,1-5H3. The Labute approximate surface area is 102 Å². The van der Waals surface area contributed by atoms with Crippen molar-refractivity contribution in [3.63, 3.8) is 0 Å². The van der Waals surface area contributed by atoms with Gasteiger partial charge in [-0.1, -0.05) is 5.16 Å². The second-order valence-electron chi connectivity index (χ2n) is 4.37. The topological polar surface area (TPSA) is 69.4 Å². The second kappa shape index (κ2) is 6.09. The number of hydrogen-bond acceptors (Lipinski definition) is 6. The van der Waals surface area contributed by atoms with E-state index in [1.54, 1.807) is 14.2 Å². The van der Waals surface area contributed by atoms with Gasteiger partial charge in [0.1, 0.15) is 5.60 Å². The van der Waals surface area contributed by atoms with E-state index in [4.69, 9.17) is 14.0 Å². The van der Waals surface area contributed by atoms with E-state index in [0.717, 1.165) is 0 Å². The van der Waals surface area contributed by atoms with Crippen LogP contribution in [0.5, 0.6) is 0 Å². The minimum absolute atomic E-state index is 0.166. The van der Waals surface area contributed by atoms with E-state index in [9.17, 15) is 0 Å². The lowest BCUT2D eigenvalue weighted by Crippen LogP contribution is -2.32. The summed E-state index contributed by atoms with van der Waals surface area (Å²) in [4.78, 5) is 4.32. The van der Waals surface area contributed by atoms with Crippen LogP contribution < -0.4 is 5.32 Å². The highest BCUT2D eigenvalue weighted by atomic mass is 16.5. The first kappa shape index (κ1) is 14.1. The first-order chi connectivity index (χ1) is 8.03. The average Bonchev–Trinajstić information content (AvgIpc) is 2.77. The molecule has 17 heavy (non-hydrogen) atoms. The van der Waals surface area contributed by atoms with Crippen LogP contribution in [-0.4, -0.2) is 44.1 Å². The fourth-order valence-corrected chi connectivity index (χ4v) is 1.33. The summed E-state index contributed by atoms with van der Waals surface area (Å²) in [5, 5.41) is 7.06. The van der Waals surface area contributed by atoms with Crippen LogP contribution >= 0.6 is 0 Å². The van der Waals surface area contributed by atoms with Gasteiger partial charge in [0, 0.05) is 26.7 Å². The SMILES string of the molecule is CNC(COC)Cc1nc(C(C)(C)OC)no1. The van der Waals surface area contributed by atoms with Gasteiger partial charge < -0.3 is 19.3 Å². The molecular weight excluding hydrogens is 222 g/mol. The molecule has 0 aliphatic rings. The van der Waals surface area contributed by atoms with Gasteiger partial charge in [0.05, 0.1) is 6.61 Å².